The van der Waals surface area contributed by atoms with E-state index in [1.165, 1.54) is 6.07 Å². The second kappa shape index (κ2) is 7.69. The van der Waals surface area contributed by atoms with E-state index in [9.17, 15) is 10.1 Å². The predicted molar refractivity (Wildman–Crippen MR) is 98.9 cm³/mol. The lowest BCUT2D eigenvalue weighted by Gasteiger charge is -2.09. The van der Waals surface area contributed by atoms with Crippen molar-refractivity contribution in [2.75, 3.05) is 6.54 Å². The van der Waals surface area contributed by atoms with Gasteiger partial charge in [0.2, 0.25) is 0 Å². The fraction of sp³-hybridized carbons (Fsp3) is 0.250. The van der Waals surface area contributed by atoms with Crippen molar-refractivity contribution in [3.63, 3.8) is 0 Å². The molecule has 2 rings (SSSR count). The van der Waals surface area contributed by atoms with E-state index in [2.05, 4.69) is 15.8 Å². The van der Waals surface area contributed by atoms with Gasteiger partial charge in [0, 0.05) is 35.6 Å². The molecule has 0 aliphatic carbocycles. The SMILES string of the molecule is CCNC(=S)N/N=C\c1cc(C)n(-c2cccc([N+](=O)[O-])c2)c1C. The number of aromatic nitrogens is 1. The Labute approximate surface area is 145 Å². The number of aryl methyl sites for hydroxylation is 1. The average molecular weight is 345 g/mol. The van der Waals surface area contributed by atoms with Crippen molar-refractivity contribution in [1.29, 1.82) is 0 Å². The highest BCUT2D eigenvalue weighted by Crippen LogP contribution is 2.23. The second-order valence-corrected chi connectivity index (χ2v) is 5.58. The first-order valence-electron chi connectivity index (χ1n) is 7.44. The van der Waals surface area contributed by atoms with E-state index in [-0.39, 0.29) is 5.69 Å². The van der Waals surface area contributed by atoms with Gasteiger partial charge in [-0.3, -0.25) is 15.5 Å². The summed E-state index contributed by atoms with van der Waals surface area (Å²) < 4.78 is 1.96. The van der Waals surface area contributed by atoms with Gasteiger partial charge in [-0.15, -0.1) is 0 Å². The molecule has 1 aromatic heterocycles. The average Bonchev–Trinajstić information content (AvgIpc) is 2.82. The third-order valence-electron chi connectivity index (χ3n) is 3.48. The first kappa shape index (κ1) is 17.6. The fourth-order valence-corrected chi connectivity index (χ4v) is 2.62. The van der Waals surface area contributed by atoms with Crippen molar-refractivity contribution in [1.82, 2.24) is 15.3 Å². The largest absolute Gasteiger partial charge is 0.362 e. The fourth-order valence-electron chi connectivity index (χ4n) is 2.42. The lowest BCUT2D eigenvalue weighted by atomic mass is 10.2. The molecule has 0 amide bonds. The molecule has 0 bridgehead atoms. The van der Waals surface area contributed by atoms with Gasteiger partial charge in [-0.1, -0.05) is 6.07 Å². The Morgan fingerprint density at radius 2 is 2.17 bits per heavy atom. The van der Waals surface area contributed by atoms with Gasteiger partial charge in [-0.2, -0.15) is 5.10 Å². The van der Waals surface area contributed by atoms with Crippen LogP contribution in [0.2, 0.25) is 0 Å². The van der Waals surface area contributed by atoms with Crippen LogP contribution >= 0.6 is 12.2 Å². The molecule has 1 aromatic carbocycles. The number of hydrogen-bond donors (Lipinski definition) is 2. The number of nitro groups is 1. The van der Waals surface area contributed by atoms with E-state index in [0.717, 1.165) is 29.2 Å². The standard InChI is InChI=1S/C16H19N5O2S/c1-4-17-16(24)19-18-10-13-8-11(2)20(12(13)3)14-6-5-7-15(9-14)21(22)23/h5-10H,4H2,1-3H3,(H2,17,19,24)/b18-10-. The third-order valence-corrected chi connectivity index (χ3v) is 3.71. The van der Waals surface area contributed by atoms with Crippen LogP contribution in [0.4, 0.5) is 5.69 Å². The number of nitrogens with one attached hydrogen (secondary N) is 2. The normalized spacial score (nSPS) is 10.8. The molecule has 0 aliphatic rings. The number of hydrazone groups is 1. The minimum absolute atomic E-state index is 0.0628. The Balaban J connectivity index is 2.29. The summed E-state index contributed by atoms with van der Waals surface area (Å²) in [6.07, 6.45) is 1.68. The van der Waals surface area contributed by atoms with Crippen molar-refractivity contribution in [2.45, 2.75) is 20.8 Å². The summed E-state index contributed by atoms with van der Waals surface area (Å²) in [6, 6.07) is 8.52. The van der Waals surface area contributed by atoms with Crippen molar-refractivity contribution in [3.05, 3.63) is 57.4 Å². The Hall–Kier alpha value is -2.74. The van der Waals surface area contributed by atoms with Gasteiger partial charge in [-0.25, -0.2) is 0 Å². The van der Waals surface area contributed by atoms with Crippen LogP contribution in [0.1, 0.15) is 23.9 Å². The van der Waals surface area contributed by atoms with Crippen LogP contribution in [0, 0.1) is 24.0 Å². The molecule has 8 heteroatoms. The van der Waals surface area contributed by atoms with Crippen molar-refractivity contribution >= 4 is 29.2 Å². The number of hydrogen-bond acceptors (Lipinski definition) is 4. The Kier molecular flexibility index (Phi) is 5.64. The van der Waals surface area contributed by atoms with Gasteiger partial charge in [0.1, 0.15) is 0 Å². The lowest BCUT2D eigenvalue weighted by molar-refractivity contribution is -0.384. The van der Waals surface area contributed by atoms with Crippen LogP contribution in [-0.4, -0.2) is 27.4 Å². The Morgan fingerprint density at radius 3 is 2.83 bits per heavy atom. The first-order chi connectivity index (χ1) is 11.4. The number of rotatable bonds is 5. The van der Waals surface area contributed by atoms with E-state index in [4.69, 9.17) is 12.2 Å². The minimum Gasteiger partial charge on any atom is -0.362 e. The molecule has 0 spiro atoms. The summed E-state index contributed by atoms with van der Waals surface area (Å²) in [5, 5.41) is 18.5. The highest BCUT2D eigenvalue weighted by molar-refractivity contribution is 7.80. The molecule has 2 N–H and O–H groups in total. The molecule has 0 unspecified atom stereocenters. The summed E-state index contributed by atoms with van der Waals surface area (Å²) in [5.41, 5.74) is 6.36. The maximum Gasteiger partial charge on any atom is 0.271 e. The van der Waals surface area contributed by atoms with E-state index in [1.807, 2.05) is 37.5 Å². The Bertz CT molecular complexity index is 798. The molecule has 24 heavy (non-hydrogen) atoms. The van der Waals surface area contributed by atoms with Crippen LogP contribution in [0.25, 0.3) is 5.69 Å². The molecule has 0 saturated carbocycles. The molecular formula is C16H19N5O2S. The third kappa shape index (κ3) is 3.96. The molecule has 1 heterocycles. The van der Waals surface area contributed by atoms with Gasteiger partial charge in [0.05, 0.1) is 16.8 Å². The summed E-state index contributed by atoms with van der Waals surface area (Å²) >= 11 is 5.04. The van der Waals surface area contributed by atoms with Gasteiger partial charge in [0.15, 0.2) is 5.11 Å². The monoisotopic (exact) mass is 345 g/mol. The molecule has 0 fully saturated rings. The Morgan fingerprint density at radius 1 is 1.42 bits per heavy atom. The second-order valence-electron chi connectivity index (χ2n) is 5.17. The number of non-ortho nitro benzene ring substituents is 1. The summed E-state index contributed by atoms with van der Waals surface area (Å²) in [5.74, 6) is 0. The zero-order valence-electron chi connectivity index (χ0n) is 13.7. The van der Waals surface area contributed by atoms with Crippen LogP contribution in [0.5, 0.6) is 0 Å². The number of nitrogens with zero attached hydrogens (tertiary/aromatic N) is 3. The van der Waals surface area contributed by atoms with Gasteiger partial charge in [-0.05, 0) is 45.1 Å². The van der Waals surface area contributed by atoms with Gasteiger partial charge in [0.25, 0.3) is 5.69 Å². The van der Waals surface area contributed by atoms with Crippen LogP contribution in [-0.2, 0) is 0 Å². The van der Waals surface area contributed by atoms with Crippen molar-refractivity contribution in [3.8, 4) is 5.69 Å². The van der Waals surface area contributed by atoms with E-state index in [1.54, 1.807) is 18.3 Å². The summed E-state index contributed by atoms with van der Waals surface area (Å²) in [6.45, 7) is 6.56. The molecule has 2 aromatic rings. The van der Waals surface area contributed by atoms with E-state index < -0.39 is 4.92 Å². The number of nitro benzene ring substituents is 1. The number of benzene rings is 1. The highest BCUT2D eigenvalue weighted by Gasteiger charge is 2.12. The maximum atomic E-state index is 11.0. The summed E-state index contributed by atoms with van der Waals surface area (Å²) in [7, 11) is 0. The highest BCUT2D eigenvalue weighted by atomic mass is 32.1. The van der Waals surface area contributed by atoms with Crippen molar-refractivity contribution < 1.29 is 4.92 Å². The topological polar surface area (TPSA) is 84.5 Å². The van der Waals surface area contributed by atoms with E-state index in [0.29, 0.717) is 5.11 Å². The molecule has 126 valence electrons. The number of thiocarbonyl (C=S) groups is 1. The molecule has 0 aliphatic heterocycles. The van der Waals surface area contributed by atoms with Gasteiger partial charge < -0.3 is 9.88 Å². The smallest absolute Gasteiger partial charge is 0.271 e. The molecule has 0 saturated heterocycles. The van der Waals surface area contributed by atoms with Crippen LogP contribution < -0.4 is 10.7 Å². The van der Waals surface area contributed by atoms with Crippen LogP contribution in [0.15, 0.2) is 35.4 Å². The maximum absolute atomic E-state index is 11.0. The first-order valence-corrected chi connectivity index (χ1v) is 7.85. The van der Waals surface area contributed by atoms with Crippen LogP contribution in [0.3, 0.4) is 0 Å². The summed E-state index contributed by atoms with van der Waals surface area (Å²) in [4.78, 5) is 10.6. The van der Waals surface area contributed by atoms with E-state index >= 15 is 0 Å². The zero-order valence-corrected chi connectivity index (χ0v) is 14.6. The quantitative estimate of drug-likeness (QED) is 0.377. The predicted octanol–water partition coefficient (Wildman–Crippen LogP) is 2.82. The molecule has 7 nitrogen and oxygen atoms in total. The molecule has 0 radical (unpaired) electrons. The molecular weight excluding hydrogens is 326 g/mol. The minimum atomic E-state index is -0.397. The lowest BCUT2D eigenvalue weighted by Crippen LogP contribution is -2.31. The van der Waals surface area contributed by atoms with Gasteiger partial charge >= 0.3 is 0 Å². The molecule has 0 atom stereocenters. The zero-order chi connectivity index (χ0) is 17.7. The van der Waals surface area contributed by atoms with Crippen molar-refractivity contribution in [2.24, 2.45) is 5.10 Å².